The molecule has 3 atom stereocenters. The van der Waals surface area contributed by atoms with Gasteiger partial charge in [-0.25, -0.2) is 0 Å². The van der Waals surface area contributed by atoms with E-state index in [-0.39, 0.29) is 11.1 Å². The van der Waals surface area contributed by atoms with Gasteiger partial charge in [-0.2, -0.15) is 11.8 Å². The lowest BCUT2D eigenvalue weighted by Crippen LogP contribution is -2.65. The summed E-state index contributed by atoms with van der Waals surface area (Å²) in [6, 6.07) is 0. The molecule has 2 N–H and O–H groups in total. The van der Waals surface area contributed by atoms with Crippen molar-refractivity contribution < 1.29 is 4.74 Å². The van der Waals surface area contributed by atoms with Crippen LogP contribution in [0.3, 0.4) is 0 Å². The molecule has 100 valence electrons. The molecule has 2 saturated heterocycles. The van der Waals surface area contributed by atoms with Crippen LogP contribution >= 0.6 is 11.8 Å². The lowest BCUT2D eigenvalue weighted by atomic mass is 9.87. The normalized spacial score (nSPS) is 42.9. The largest absolute Gasteiger partial charge is 0.370 e. The summed E-state index contributed by atoms with van der Waals surface area (Å²) in [5.41, 5.74) is 6.27. The zero-order valence-electron chi connectivity index (χ0n) is 11.5. The Labute approximate surface area is 109 Å². The first-order valence-electron chi connectivity index (χ1n) is 6.64. The molecule has 0 aromatic carbocycles. The van der Waals surface area contributed by atoms with E-state index in [0.29, 0.717) is 11.4 Å². The molecule has 0 radical (unpaired) electrons. The number of ether oxygens (including phenoxy) is 1. The summed E-state index contributed by atoms with van der Waals surface area (Å²) in [7, 11) is 0. The topological polar surface area (TPSA) is 38.5 Å². The predicted molar refractivity (Wildman–Crippen MR) is 74.5 cm³/mol. The maximum atomic E-state index is 6.13. The van der Waals surface area contributed by atoms with Crippen LogP contribution < -0.4 is 5.73 Å². The molecule has 3 unspecified atom stereocenters. The molecule has 2 aliphatic rings. The fourth-order valence-corrected chi connectivity index (χ4v) is 4.87. The molecule has 4 heteroatoms. The number of hydrogen-bond donors (Lipinski definition) is 1. The van der Waals surface area contributed by atoms with Crippen molar-refractivity contribution >= 4 is 11.8 Å². The Morgan fingerprint density at radius 2 is 2.12 bits per heavy atom. The Bertz CT molecular complexity index is 285. The molecule has 0 aromatic heterocycles. The molecule has 0 aromatic rings. The number of thioether (sulfide) groups is 1. The molecule has 17 heavy (non-hydrogen) atoms. The highest BCUT2D eigenvalue weighted by molar-refractivity contribution is 8.00. The minimum Gasteiger partial charge on any atom is -0.370 e. The van der Waals surface area contributed by atoms with Crippen molar-refractivity contribution in [1.29, 1.82) is 0 Å². The predicted octanol–water partition coefficient (Wildman–Crippen LogP) is 1.71. The van der Waals surface area contributed by atoms with Crippen LogP contribution in [0.15, 0.2) is 0 Å². The second-order valence-electron chi connectivity index (χ2n) is 6.14. The van der Waals surface area contributed by atoms with Crippen LogP contribution in [0.25, 0.3) is 0 Å². The first kappa shape index (κ1) is 13.7. The molecule has 0 bridgehead atoms. The van der Waals surface area contributed by atoms with Crippen molar-refractivity contribution in [3.8, 4) is 0 Å². The van der Waals surface area contributed by atoms with Crippen LogP contribution in [0.2, 0.25) is 0 Å². The van der Waals surface area contributed by atoms with E-state index in [9.17, 15) is 0 Å². The van der Waals surface area contributed by atoms with Gasteiger partial charge in [-0.05, 0) is 32.9 Å². The summed E-state index contributed by atoms with van der Waals surface area (Å²) in [6.07, 6.45) is 1.53. The Kier molecular flexibility index (Phi) is 3.79. The number of hydrogen-bond acceptors (Lipinski definition) is 4. The standard InChI is InChI=1S/C13H26N2OS/c1-10-7-15(9-12(3,4)16-10)13(8-14)5-6-17-11(13)2/h10-11H,5-9,14H2,1-4H3. The van der Waals surface area contributed by atoms with E-state index in [1.165, 1.54) is 12.2 Å². The van der Waals surface area contributed by atoms with Crippen LogP contribution in [0.1, 0.15) is 34.1 Å². The summed E-state index contributed by atoms with van der Waals surface area (Å²) in [6.45, 7) is 11.7. The summed E-state index contributed by atoms with van der Waals surface area (Å²) in [4.78, 5) is 2.60. The molecular formula is C13H26N2OS. The minimum atomic E-state index is -0.0488. The maximum Gasteiger partial charge on any atom is 0.0757 e. The summed E-state index contributed by atoms with van der Waals surface area (Å²) in [5, 5.41) is 0.633. The van der Waals surface area contributed by atoms with Crippen LogP contribution in [0.5, 0.6) is 0 Å². The van der Waals surface area contributed by atoms with Gasteiger partial charge in [0.15, 0.2) is 0 Å². The highest BCUT2D eigenvalue weighted by Gasteiger charge is 2.48. The van der Waals surface area contributed by atoms with Crippen molar-refractivity contribution in [2.45, 2.75) is 56.6 Å². The van der Waals surface area contributed by atoms with Gasteiger partial charge >= 0.3 is 0 Å². The first-order chi connectivity index (χ1) is 7.89. The molecule has 0 saturated carbocycles. The molecule has 0 aliphatic carbocycles. The van der Waals surface area contributed by atoms with Crippen molar-refractivity contribution in [2.75, 3.05) is 25.4 Å². The molecule has 0 amide bonds. The molecule has 2 heterocycles. The SMILES string of the molecule is CC1CN(C2(CN)CCSC2C)CC(C)(C)O1. The van der Waals surface area contributed by atoms with Gasteiger partial charge in [-0.3, -0.25) is 4.90 Å². The van der Waals surface area contributed by atoms with Gasteiger partial charge in [-0.15, -0.1) is 0 Å². The quantitative estimate of drug-likeness (QED) is 0.818. The fraction of sp³-hybridized carbons (Fsp3) is 1.00. The van der Waals surface area contributed by atoms with Gasteiger partial charge in [0.2, 0.25) is 0 Å². The van der Waals surface area contributed by atoms with E-state index >= 15 is 0 Å². The van der Waals surface area contributed by atoms with Gasteiger partial charge in [0.05, 0.1) is 11.7 Å². The second-order valence-corrected chi connectivity index (χ2v) is 7.59. The van der Waals surface area contributed by atoms with E-state index in [0.717, 1.165) is 19.6 Å². The van der Waals surface area contributed by atoms with E-state index in [1.807, 2.05) is 0 Å². The van der Waals surface area contributed by atoms with Crippen molar-refractivity contribution in [3.63, 3.8) is 0 Å². The molecule has 0 spiro atoms. The number of morpholine rings is 1. The van der Waals surface area contributed by atoms with Crippen molar-refractivity contribution in [3.05, 3.63) is 0 Å². The molecular weight excluding hydrogens is 232 g/mol. The molecule has 2 fully saturated rings. The number of nitrogens with two attached hydrogens (primary N) is 1. The van der Waals surface area contributed by atoms with Crippen molar-refractivity contribution in [1.82, 2.24) is 4.90 Å². The Morgan fingerprint density at radius 3 is 2.59 bits per heavy atom. The van der Waals surface area contributed by atoms with Crippen LogP contribution in [0, 0.1) is 0 Å². The Hall–Kier alpha value is 0.230. The smallest absolute Gasteiger partial charge is 0.0757 e. The number of rotatable bonds is 2. The minimum absolute atomic E-state index is 0.0488. The fourth-order valence-electron chi connectivity index (χ4n) is 3.38. The molecule has 2 aliphatic heterocycles. The Morgan fingerprint density at radius 1 is 1.41 bits per heavy atom. The van der Waals surface area contributed by atoms with E-state index in [4.69, 9.17) is 10.5 Å². The third-order valence-corrected chi connectivity index (χ3v) is 5.59. The zero-order valence-corrected chi connectivity index (χ0v) is 12.3. The van der Waals surface area contributed by atoms with E-state index < -0.39 is 0 Å². The van der Waals surface area contributed by atoms with Gasteiger partial charge < -0.3 is 10.5 Å². The van der Waals surface area contributed by atoms with Gasteiger partial charge in [-0.1, -0.05) is 6.92 Å². The lowest BCUT2D eigenvalue weighted by Gasteiger charge is -2.51. The molecule has 2 rings (SSSR count). The number of nitrogens with zero attached hydrogens (tertiary/aromatic N) is 1. The summed E-state index contributed by atoms with van der Waals surface area (Å²) in [5.74, 6) is 1.24. The first-order valence-corrected chi connectivity index (χ1v) is 7.69. The van der Waals surface area contributed by atoms with Crippen LogP contribution in [0.4, 0.5) is 0 Å². The monoisotopic (exact) mass is 258 g/mol. The third-order valence-electron chi connectivity index (χ3n) is 4.21. The Balaban J connectivity index is 2.19. The molecule has 3 nitrogen and oxygen atoms in total. The van der Waals surface area contributed by atoms with Gasteiger partial charge in [0.1, 0.15) is 0 Å². The average molecular weight is 258 g/mol. The zero-order chi connectivity index (χ0) is 12.7. The van der Waals surface area contributed by atoms with E-state index in [2.05, 4.69) is 44.4 Å². The van der Waals surface area contributed by atoms with Gasteiger partial charge in [0.25, 0.3) is 0 Å². The maximum absolute atomic E-state index is 6.13. The third kappa shape index (κ3) is 2.50. The van der Waals surface area contributed by atoms with Crippen LogP contribution in [-0.2, 0) is 4.74 Å². The highest BCUT2D eigenvalue weighted by atomic mass is 32.2. The average Bonchev–Trinajstić information content (AvgIpc) is 2.57. The summed E-state index contributed by atoms with van der Waals surface area (Å²) < 4.78 is 6.00. The van der Waals surface area contributed by atoms with E-state index in [1.54, 1.807) is 0 Å². The van der Waals surface area contributed by atoms with Crippen molar-refractivity contribution in [2.24, 2.45) is 5.73 Å². The van der Waals surface area contributed by atoms with Gasteiger partial charge in [0, 0.05) is 30.4 Å². The van der Waals surface area contributed by atoms with Crippen LogP contribution in [-0.4, -0.2) is 52.8 Å². The highest BCUT2D eigenvalue weighted by Crippen LogP contribution is 2.41. The summed E-state index contributed by atoms with van der Waals surface area (Å²) >= 11 is 2.06. The second kappa shape index (κ2) is 4.72. The lowest BCUT2D eigenvalue weighted by molar-refractivity contribution is -0.151.